The Kier molecular flexibility index (Phi) is 4.57. The summed E-state index contributed by atoms with van der Waals surface area (Å²) < 4.78 is 10.5. The molecule has 0 bridgehead atoms. The van der Waals surface area contributed by atoms with Crippen molar-refractivity contribution in [2.24, 2.45) is 0 Å². The fourth-order valence-electron chi connectivity index (χ4n) is 2.35. The average Bonchev–Trinajstić information content (AvgIpc) is 3.37. The normalized spacial score (nSPS) is 10.7. The van der Waals surface area contributed by atoms with Crippen LogP contribution < -0.4 is 10.1 Å². The minimum atomic E-state index is 0.333. The second-order valence-electron chi connectivity index (χ2n) is 5.38. The quantitative estimate of drug-likeness (QED) is 0.555. The first-order valence-electron chi connectivity index (χ1n) is 7.91. The van der Waals surface area contributed by atoms with E-state index in [4.69, 9.17) is 9.26 Å². The number of ether oxygens (including phenoxy) is 1. The molecular weight excluding hydrogens is 350 g/mol. The Bertz CT molecular complexity index is 1000. The number of hydrogen-bond acceptors (Lipinski definition) is 8. The van der Waals surface area contributed by atoms with E-state index < -0.39 is 0 Å². The summed E-state index contributed by atoms with van der Waals surface area (Å²) in [5.74, 6) is 1.23. The molecule has 0 unspecified atom stereocenters. The van der Waals surface area contributed by atoms with Crippen molar-refractivity contribution >= 4 is 17.4 Å². The van der Waals surface area contributed by atoms with Gasteiger partial charge in [-0.2, -0.15) is 4.98 Å². The highest BCUT2D eigenvalue weighted by Gasteiger charge is 2.11. The van der Waals surface area contributed by atoms with Crippen LogP contribution in [0.2, 0.25) is 0 Å². The highest BCUT2D eigenvalue weighted by Crippen LogP contribution is 2.24. The lowest BCUT2D eigenvalue weighted by Gasteiger charge is -1.99. The molecule has 0 saturated heterocycles. The van der Waals surface area contributed by atoms with Crippen LogP contribution in [-0.2, 0) is 6.54 Å². The number of methoxy groups -OCH3 is 1. The summed E-state index contributed by atoms with van der Waals surface area (Å²) in [6.45, 7) is 0.463. The summed E-state index contributed by atoms with van der Waals surface area (Å²) in [5, 5.41) is 17.2. The van der Waals surface area contributed by atoms with Crippen molar-refractivity contribution in [1.82, 2.24) is 20.3 Å². The maximum absolute atomic E-state index is 5.25. The Morgan fingerprint density at radius 2 is 1.88 bits per heavy atom. The molecule has 4 rings (SSSR count). The molecule has 8 heteroatoms. The molecule has 2 aromatic carbocycles. The summed E-state index contributed by atoms with van der Waals surface area (Å²) in [6, 6.07) is 17.8. The Morgan fingerprint density at radius 3 is 2.73 bits per heavy atom. The molecular formula is C18H15N5O2S. The Hall–Kier alpha value is -3.26. The molecule has 1 N–H and O–H groups in total. The van der Waals surface area contributed by atoms with Gasteiger partial charge in [0.25, 0.3) is 0 Å². The fraction of sp³-hybridized carbons (Fsp3) is 0.111. The van der Waals surface area contributed by atoms with Gasteiger partial charge in [-0.15, -0.1) is 10.2 Å². The Labute approximate surface area is 153 Å². The molecule has 0 radical (unpaired) electrons. The number of hydrogen-bond donors (Lipinski definition) is 1. The van der Waals surface area contributed by atoms with Crippen molar-refractivity contribution in [3.8, 4) is 27.7 Å². The van der Waals surface area contributed by atoms with Gasteiger partial charge in [-0.3, -0.25) is 0 Å². The van der Waals surface area contributed by atoms with Crippen LogP contribution >= 0.6 is 11.3 Å². The van der Waals surface area contributed by atoms with Crippen LogP contribution in [0.3, 0.4) is 0 Å². The third kappa shape index (κ3) is 3.55. The fourth-order valence-corrected chi connectivity index (χ4v) is 3.13. The predicted octanol–water partition coefficient (Wildman–Crippen LogP) is 3.88. The lowest BCUT2D eigenvalue weighted by molar-refractivity contribution is 0.414. The zero-order chi connectivity index (χ0) is 17.8. The van der Waals surface area contributed by atoms with Gasteiger partial charge in [-0.25, -0.2) is 0 Å². The SMILES string of the molecule is COc1cccc(-c2noc(NCc3nnc(-c4ccccc4)s3)n2)c1. The molecule has 2 heterocycles. The van der Waals surface area contributed by atoms with Gasteiger partial charge in [0.05, 0.1) is 13.7 Å². The first kappa shape index (κ1) is 16.2. The van der Waals surface area contributed by atoms with E-state index in [2.05, 4.69) is 25.7 Å². The maximum atomic E-state index is 5.25. The van der Waals surface area contributed by atoms with Gasteiger partial charge < -0.3 is 14.6 Å². The third-order valence-electron chi connectivity index (χ3n) is 3.63. The second-order valence-corrected chi connectivity index (χ2v) is 6.44. The number of anilines is 1. The predicted molar refractivity (Wildman–Crippen MR) is 99.0 cm³/mol. The van der Waals surface area contributed by atoms with E-state index in [1.807, 2.05) is 54.6 Å². The first-order valence-corrected chi connectivity index (χ1v) is 8.73. The summed E-state index contributed by atoms with van der Waals surface area (Å²) in [7, 11) is 1.62. The minimum absolute atomic E-state index is 0.333. The summed E-state index contributed by atoms with van der Waals surface area (Å²) in [5.41, 5.74) is 1.87. The summed E-state index contributed by atoms with van der Waals surface area (Å²) in [6.07, 6.45) is 0. The Morgan fingerprint density at radius 1 is 1.04 bits per heavy atom. The smallest absolute Gasteiger partial charge is 0.322 e. The largest absolute Gasteiger partial charge is 0.497 e. The van der Waals surface area contributed by atoms with Crippen molar-refractivity contribution in [1.29, 1.82) is 0 Å². The summed E-state index contributed by atoms with van der Waals surface area (Å²) in [4.78, 5) is 4.35. The number of rotatable bonds is 6. The molecule has 0 fully saturated rings. The van der Waals surface area contributed by atoms with Crippen LogP contribution in [0.5, 0.6) is 5.75 Å². The molecule has 2 aromatic heterocycles. The number of aromatic nitrogens is 4. The lowest BCUT2D eigenvalue weighted by Crippen LogP contribution is -1.99. The van der Waals surface area contributed by atoms with E-state index in [9.17, 15) is 0 Å². The third-order valence-corrected chi connectivity index (χ3v) is 4.60. The monoisotopic (exact) mass is 365 g/mol. The van der Waals surface area contributed by atoms with Gasteiger partial charge in [-0.05, 0) is 12.1 Å². The van der Waals surface area contributed by atoms with Gasteiger partial charge in [0, 0.05) is 11.1 Å². The van der Waals surface area contributed by atoms with Gasteiger partial charge >= 0.3 is 6.01 Å². The van der Waals surface area contributed by atoms with Gasteiger partial charge in [0.15, 0.2) is 0 Å². The molecule has 4 aromatic rings. The topological polar surface area (TPSA) is 86.0 Å². The van der Waals surface area contributed by atoms with Crippen molar-refractivity contribution in [3.05, 3.63) is 59.6 Å². The molecule has 0 spiro atoms. The van der Waals surface area contributed by atoms with Gasteiger partial charge in [0.1, 0.15) is 15.8 Å². The maximum Gasteiger partial charge on any atom is 0.322 e. The van der Waals surface area contributed by atoms with E-state index in [0.29, 0.717) is 18.4 Å². The number of nitrogens with one attached hydrogen (secondary N) is 1. The molecule has 0 aliphatic heterocycles. The zero-order valence-corrected chi connectivity index (χ0v) is 14.7. The number of nitrogens with zero attached hydrogens (tertiary/aromatic N) is 4. The first-order chi connectivity index (χ1) is 12.8. The second kappa shape index (κ2) is 7.32. The van der Waals surface area contributed by atoms with Crippen molar-refractivity contribution in [3.63, 3.8) is 0 Å². The van der Waals surface area contributed by atoms with E-state index in [1.54, 1.807) is 7.11 Å². The highest BCUT2D eigenvalue weighted by atomic mass is 32.1. The van der Waals surface area contributed by atoms with Crippen molar-refractivity contribution in [2.45, 2.75) is 6.54 Å². The van der Waals surface area contributed by atoms with E-state index in [-0.39, 0.29) is 0 Å². The van der Waals surface area contributed by atoms with Crippen molar-refractivity contribution < 1.29 is 9.26 Å². The highest BCUT2D eigenvalue weighted by molar-refractivity contribution is 7.14. The molecule has 26 heavy (non-hydrogen) atoms. The van der Waals surface area contributed by atoms with E-state index in [1.165, 1.54) is 11.3 Å². The van der Waals surface area contributed by atoms with E-state index >= 15 is 0 Å². The minimum Gasteiger partial charge on any atom is -0.497 e. The molecule has 130 valence electrons. The molecule has 0 aliphatic carbocycles. The Balaban J connectivity index is 1.43. The summed E-state index contributed by atoms with van der Waals surface area (Å²) >= 11 is 1.52. The van der Waals surface area contributed by atoms with Crippen molar-refractivity contribution in [2.75, 3.05) is 12.4 Å². The van der Waals surface area contributed by atoms with Gasteiger partial charge in [-0.1, -0.05) is 59.0 Å². The van der Waals surface area contributed by atoms with Gasteiger partial charge in [0.2, 0.25) is 5.82 Å². The van der Waals surface area contributed by atoms with Crippen LogP contribution in [-0.4, -0.2) is 27.4 Å². The average molecular weight is 365 g/mol. The zero-order valence-electron chi connectivity index (χ0n) is 13.9. The van der Waals surface area contributed by atoms with Crippen LogP contribution in [0, 0.1) is 0 Å². The molecule has 0 atom stereocenters. The molecule has 7 nitrogen and oxygen atoms in total. The standard InChI is InChI=1S/C18H15N5O2S/c1-24-14-9-5-8-13(10-14)16-20-18(25-23-16)19-11-15-21-22-17(26-15)12-6-3-2-4-7-12/h2-10H,11H2,1H3,(H,19,20,23). The van der Waals surface area contributed by atoms with Crippen LogP contribution in [0.25, 0.3) is 22.0 Å². The molecule has 0 amide bonds. The number of benzene rings is 2. The van der Waals surface area contributed by atoms with E-state index in [0.717, 1.165) is 26.9 Å². The molecule has 0 saturated carbocycles. The van der Waals surface area contributed by atoms with Crippen LogP contribution in [0.15, 0.2) is 59.1 Å². The van der Waals surface area contributed by atoms with Crippen LogP contribution in [0.4, 0.5) is 6.01 Å². The lowest BCUT2D eigenvalue weighted by atomic mass is 10.2. The van der Waals surface area contributed by atoms with Crippen LogP contribution in [0.1, 0.15) is 5.01 Å². The molecule has 0 aliphatic rings.